The van der Waals surface area contributed by atoms with Crippen LogP contribution in [-0.2, 0) is 21.2 Å². The van der Waals surface area contributed by atoms with Gasteiger partial charge in [-0.25, -0.2) is 0 Å². The van der Waals surface area contributed by atoms with Crippen LogP contribution in [0.1, 0.15) is 241 Å². The maximum Gasteiger partial charge on any atom is 1.00 e. The van der Waals surface area contributed by atoms with Crippen LogP contribution in [0, 0.1) is 0 Å². The number of amides is 1. The summed E-state index contributed by atoms with van der Waals surface area (Å²) in [5.41, 5.74) is 1.65. The van der Waals surface area contributed by atoms with Gasteiger partial charge in [0.25, 0.3) is 0 Å². The van der Waals surface area contributed by atoms with Gasteiger partial charge in [0, 0.05) is 70.9 Å². The molecule has 69 heavy (non-hydrogen) atoms. The minimum absolute atomic E-state index is 0. The van der Waals surface area contributed by atoms with Crippen molar-refractivity contribution in [1.82, 2.24) is 20.0 Å². The summed E-state index contributed by atoms with van der Waals surface area (Å²) < 4.78 is 22.1. The summed E-state index contributed by atoms with van der Waals surface area (Å²) in [5.74, 6) is 0.869. The fourth-order valence-corrected chi connectivity index (χ4v) is 12.5. The van der Waals surface area contributed by atoms with Crippen molar-refractivity contribution in [2.45, 2.75) is 256 Å². The van der Waals surface area contributed by atoms with E-state index in [9.17, 15) is 13.8 Å². The molecule has 10 aliphatic rings. The molecule has 0 aromatic heterocycles. The fourth-order valence-electron chi connectivity index (χ4n) is 12.5. The first kappa shape index (κ1) is 65.6. The van der Waals surface area contributed by atoms with Crippen LogP contribution in [-0.4, -0.2) is 166 Å². The molecule has 0 aromatic rings. The zero-order valence-electron chi connectivity index (χ0n) is 45.3. The zero-order chi connectivity index (χ0) is 47.8. The number of nitrogens with one attached hydrogen (secondary N) is 1. The van der Waals surface area contributed by atoms with Crippen molar-refractivity contribution in [3.63, 3.8) is 0 Å². The summed E-state index contributed by atoms with van der Waals surface area (Å²) in [7, 11) is -3.33. The number of likely N-dealkylation sites (tertiary alicyclic amines) is 4. The van der Waals surface area contributed by atoms with Gasteiger partial charge in [0.15, 0.2) is 17.4 Å². The van der Waals surface area contributed by atoms with Crippen LogP contribution in [0.25, 0.3) is 0 Å². The SMILES string of the molecule is C1=C(N2CCCC2)CCCC1.C1CCC(N2CCCC2)CC1.C1CCNC1.CCCC[N+]1(C2CCCCC2)CCCC1.O=C1CCCCC1.O=C1CCCN1C1CCCCC1.O=[S](O)(=[Mg])OO.[AlH3].[H-].[HH].[Li+]. The van der Waals surface area contributed by atoms with E-state index in [0.29, 0.717) is 37.5 Å². The predicted octanol–water partition coefficient (Wildman–Crippen LogP) is 7.93. The Kier molecular flexibility index (Phi) is 37.9. The van der Waals surface area contributed by atoms with Crippen LogP contribution in [0.3, 0.4) is 0 Å². The van der Waals surface area contributed by atoms with Gasteiger partial charge in [0.05, 0.1) is 25.7 Å². The smallest absolute Gasteiger partial charge is 1.00 e. The number of carbonyl (C=O) groups excluding carboxylic acids is 2. The van der Waals surface area contributed by atoms with Gasteiger partial charge in [-0.3, -0.25) is 9.59 Å². The van der Waals surface area contributed by atoms with Crippen LogP contribution >= 0.6 is 0 Å². The topological polar surface area (TPSA) is 123 Å². The van der Waals surface area contributed by atoms with E-state index < -0.39 is 7.32 Å². The van der Waals surface area contributed by atoms with Crippen molar-refractivity contribution in [3.05, 3.63) is 11.8 Å². The van der Waals surface area contributed by atoms with Crippen molar-refractivity contribution < 1.29 is 54.1 Å². The number of ketones is 1. The second-order valence-corrected chi connectivity index (χ2v) is 25.1. The average molecular weight is 1010 g/mol. The molecule has 4 saturated carbocycles. The van der Waals surface area contributed by atoms with Crippen LogP contribution in [0.5, 0.6) is 0 Å². The minimum Gasteiger partial charge on any atom is -1.00 e. The molecule has 9 fully saturated rings. The number of allylic oxidation sites excluding steroid dienone is 2. The second kappa shape index (κ2) is 39.8. The summed E-state index contributed by atoms with van der Waals surface area (Å²) >= 11 is 0.671. The third-order valence-electron chi connectivity index (χ3n) is 16.4. The van der Waals surface area contributed by atoms with Crippen LogP contribution in [0.2, 0.25) is 0 Å². The van der Waals surface area contributed by atoms with Gasteiger partial charge in [0.1, 0.15) is 5.78 Å². The molecule has 10 rings (SSSR count). The molecule has 5 aliphatic carbocycles. The molecule has 5 saturated heterocycles. The Labute approximate surface area is 460 Å². The number of hydrogen-bond acceptors (Lipinski definition) is 8. The quantitative estimate of drug-likeness (QED) is 0.0964. The molecule has 0 radical (unpaired) electrons. The molecule has 3 N–H and O–H groups in total. The van der Waals surface area contributed by atoms with E-state index in [1.165, 1.54) is 256 Å². The third-order valence-corrected chi connectivity index (χ3v) is 16.9. The van der Waals surface area contributed by atoms with E-state index in [0.717, 1.165) is 57.2 Å². The number of nitrogens with zero attached hydrogens (tertiary/aromatic N) is 4. The second-order valence-electron chi connectivity index (χ2n) is 21.6. The largest absolute Gasteiger partial charge is 1.00 e. The fraction of sp³-hybridized carbons (Fsp3) is 0.926. The molecule has 1 atom stereocenters. The summed E-state index contributed by atoms with van der Waals surface area (Å²) in [6.07, 6.45) is 51.0. The average Bonchev–Trinajstić information content (AvgIpc) is 4.25. The standard InChI is InChI=1S/C14H28N.C10H17NO.C10H19N.C10H17N.C6H10O.C4H9N.Al.Li.Mg.H2O4S.H2.4H/c1-2-3-11-15(12-7-8-13-15)14-9-5-4-6-10-14;12-10-7-4-8-11(10)9-5-2-1-3-6-9;2*1-2-6-10(7-3-1)11-8-4-5-9-11;7-6-4-2-1-3-5-6;1-2-4-5-3-1;;;;1-4-5(2)3;;;;;/h14H,2-13H2,1H3;9H,1-8H2;10H,1-9H2;6H,1-5,7-9H2;1-5H2;5H,1-4H2;;;;1H,(H,2,3);1H;;;;/q+1;;;;;;;+1;;;;;;;-1. The number of hydrogen-bond donors (Lipinski definition) is 3. The summed E-state index contributed by atoms with van der Waals surface area (Å²) in [5, 5.41) is 10.6. The molecule has 15 heteroatoms. The Bertz CT molecular complexity index is 1440. The van der Waals surface area contributed by atoms with E-state index in [2.05, 4.69) is 37.4 Å². The normalized spacial score (nSPS) is 25.0. The number of rotatable bonds is 8. The van der Waals surface area contributed by atoms with Gasteiger partial charge in [-0.1, -0.05) is 70.8 Å². The Morgan fingerprint density at radius 2 is 1.19 bits per heavy atom. The van der Waals surface area contributed by atoms with Crippen molar-refractivity contribution >= 4 is 56.2 Å². The maximum absolute atomic E-state index is 11.4. The van der Waals surface area contributed by atoms with Gasteiger partial charge in [0.2, 0.25) is 5.91 Å². The molecule has 5 aliphatic heterocycles. The van der Waals surface area contributed by atoms with Crippen LogP contribution < -0.4 is 24.2 Å². The van der Waals surface area contributed by atoms with Crippen molar-refractivity contribution in [2.24, 2.45) is 0 Å². The van der Waals surface area contributed by atoms with E-state index in [1.54, 1.807) is 5.70 Å². The van der Waals surface area contributed by atoms with Gasteiger partial charge in [-0.05, 0) is 167 Å². The van der Waals surface area contributed by atoms with Crippen LogP contribution in [0.15, 0.2) is 11.8 Å². The van der Waals surface area contributed by atoms with Gasteiger partial charge in [-0.15, -0.1) is 0 Å². The molecule has 1 amide bonds. The van der Waals surface area contributed by atoms with Gasteiger partial charge in [-0.2, -0.15) is 0 Å². The van der Waals surface area contributed by atoms with Crippen molar-refractivity contribution in [3.8, 4) is 0 Å². The Balaban J connectivity index is 0.000000818. The number of Topliss-reactive ketones (excluding diaryl/α,β-unsaturated/α-hetero) is 1. The molecule has 1 unspecified atom stereocenters. The minimum atomic E-state index is -3.33. The van der Waals surface area contributed by atoms with Crippen LogP contribution in [0.4, 0.5) is 0 Å². The number of unbranched alkanes of at least 4 members (excludes halogenated alkanes) is 1. The van der Waals surface area contributed by atoms with E-state index >= 15 is 0 Å². The van der Waals surface area contributed by atoms with Crippen molar-refractivity contribution in [2.75, 3.05) is 65.4 Å². The van der Waals surface area contributed by atoms with E-state index in [-0.39, 0.29) is 39.1 Å². The first-order valence-electron chi connectivity index (χ1n) is 28.6. The molecule has 0 spiro atoms. The Hall–Kier alpha value is 0.486. The molecule has 0 bridgehead atoms. The summed E-state index contributed by atoms with van der Waals surface area (Å²) in [4.78, 5) is 29.3. The third kappa shape index (κ3) is 27.7. The number of carbonyl (C=O) groups is 2. The van der Waals surface area contributed by atoms with E-state index in [4.69, 9.17) is 9.81 Å². The molecule has 5 heterocycles. The summed E-state index contributed by atoms with van der Waals surface area (Å²) in [6.45, 7) is 15.8. The molecular formula is C54H108AlLiMgN5O6S+. The summed E-state index contributed by atoms with van der Waals surface area (Å²) in [6, 6.07) is 2.63. The first-order valence-corrected chi connectivity index (χ1v) is 32.0. The Morgan fingerprint density at radius 1 is 0.681 bits per heavy atom. The van der Waals surface area contributed by atoms with E-state index in [1.807, 2.05) is 0 Å². The molecule has 0 aromatic carbocycles. The molecule has 11 nitrogen and oxygen atoms in total. The number of quaternary nitrogens is 1. The maximum atomic E-state index is 11.4. The predicted molar refractivity (Wildman–Crippen MR) is 292 cm³/mol. The zero-order valence-corrected chi connectivity index (χ0v) is 46.5. The molecule has 396 valence electrons. The Morgan fingerprint density at radius 3 is 1.62 bits per heavy atom. The first-order chi connectivity index (χ1) is 32.6. The van der Waals surface area contributed by atoms with Gasteiger partial charge >= 0.3 is 64.3 Å². The monoisotopic (exact) mass is 1010 g/mol. The van der Waals surface area contributed by atoms with Gasteiger partial charge < -0.3 is 25.9 Å². The van der Waals surface area contributed by atoms with Crippen molar-refractivity contribution in [1.29, 1.82) is 0 Å². The molecular weight excluding hydrogens is 905 g/mol.